The Morgan fingerprint density at radius 2 is 2.18 bits per heavy atom. The number of carbonyl (C=O) groups excluding carboxylic acids is 1. The van der Waals surface area contributed by atoms with E-state index in [1.807, 2.05) is 61.0 Å². The van der Waals surface area contributed by atoms with Crippen molar-refractivity contribution in [1.29, 1.82) is 0 Å². The number of thiophene rings is 1. The van der Waals surface area contributed by atoms with Gasteiger partial charge in [0.05, 0.1) is 5.69 Å². The van der Waals surface area contributed by atoms with E-state index < -0.39 is 0 Å². The molecule has 1 amide bonds. The summed E-state index contributed by atoms with van der Waals surface area (Å²) in [5.74, 6) is 1.17. The Morgan fingerprint density at radius 1 is 1.29 bits per heavy atom. The molecule has 0 unspecified atom stereocenters. The molecule has 0 saturated heterocycles. The van der Waals surface area contributed by atoms with E-state index in [4.69, 9.17) is 9.47 Å². The monoisotopic (exact) mass is 394 g/mol. The van der Waals surface area contributed by atoms with E-state index >= 15 is 0 Å². The van der Waals surface area contributed by atoms with Crippen LogP contribution in [0.5, 0.6) is 11.5 Å². The lowest BCUT2D eigenvalue weighted by molar-refractivity contribution is -0.123. The van der Waals surface area contributed by atoms with Gasteiger partial charge in [0.25, 0.3) is 5.91 Å². The molecule has 6 heteroatoms. The smallest absolute Gasteiger partial charge is 0.258 e. The number of pyridine rings is 1. The average molecular weight is 394 g/mol. The highest BCUT2D eigenvalue weighted by Crippen LogP contribution is 2.41. The number of hydrogen-bond donors (Lipinski definition) is 1. The summed E-state index contributed by atoms with van der Waals surface area (Å²) < 4.78 is 11.7. The molecule has 1 aromatic carbocycles. The molecular formula is C22H22N2O3S. The molecular weight excluding hydrogens is 372 g/mol. The number of hydrogen-bond acceptors (Lipinski definition) is 5. The summed E-state index contributed by atoms with van der Waals surface area (Å²) in [5.41, 5.74) is 3.79. The molecule has 3 aromatic rings. The second-order valence-electron chi connectivity index (χ2n) is 7.37. The van der Waals surface area contributed by atoms with Crippen molar-refractivity contribution in [3.05, 3.63) is 64.5 Å². The zero-order chi connectivity index (χ0) is 19.6. The average Bonchev–Trinajstić information content (AvgIpc) is 3.31. The van der Waals surface area contributed by atoms with Crippen molar-refractivity contribution in [2.45, 2.75) is 32.4 Å². The van der Waals surface area contributed by atoms with Gasteiger partial charge in [0.15, 0.2) is 18.1 Å². The van der Waals surface area contributed by atoms with Crippen LogP contribution in [0.25, 0.3) is 11.3 Å². The molecule has 3 heterocycles. The van der Waals surface area contributed by atoms with Gasteiger partial charge in [-0.2, -0.15) is 11.3 Å². The predicted octanol–water partition coefficient (Wildman–Crippen LogP) is 4.22. The topological polar surface area (TPSA) is 60.5 Å². The maximum atomic E-state index is 12.3. The number of amides is 1. The van der Waals surface area contributed by atoms with Gasteiger partial charge >= 0.3 is 0 Å². The summed E-state index contributed by atoms with van der Waals surface area (Å²) >= 11 is 1.62. The number of aromatic nitrogens is 1. The molecule has 144 valence electrons. The minimum atomic E-state index is -0.248. The minimum Gasteiger partial charge on any atom is -0.483 e. The maximum absolute atomic E-state index is 12.3. The second-order valence-corrected chi connectivity index (χ2v) is 8.15. The van der Waals surface area contributed by atoms with Crippen LogP contribution >= 0.6 is 11.3 Å². The zero-order valence-corrected chi connectivity index (χ0v) is 16.7. The molecule has 0 aliphatic carbocycles. The Balaban J connectivity index is 1.37. The lowest BCUT2D eigenvalue weighted by Gasteiger charge is -2.18. The van der Waals surface area contributed by atoms with E-state index in [-0.39, 0.29) is 18.1 Å². The van der Waals surface area contributed by atoms with Crippen LogP contribution in [0.3, 0.4) is 0 Å². The van der Waals surface area contributed by atoms with E-state index in [1.165, 1.54) is 0 Å². The summed E-state index contributed by atoms with van der Waals surface area (Å²) in [4.78, 5) is 16.8. The van der Waals surface area contributed by atoms with Crippen LogP contribution in [-0.2, 0) is 17.8 Å². The first-order valence-electron chi connectivity index (χ1n) is 9.19. The molecule has 0 atom stereocenters. The summed E-state index contributed by atoms with van der Waals surface area (Å²) in [6.45, 7) is 4.43. The van der Waals surface area contributed by atoms with Gasteiger partial charge in [-0.05, 0) is 43.0 Å². The fourth-order valence-corrected chi connectivity index (χ4v) is 3.97. The number of fused-ring (bicyclic) bond motifs is 1. The molecule has 4 rings (SSSR count). The van der Waals surface area contributed by atoms with Crippen molar-refractivity contribution in [3.63, 3.8) is 0 Å². The van der Waals surface area contributed by atoms with E-state index in [9.17, 15) is 4.79 Å². The fourth-order valence-electron chi connectivity index (χ4n) is 3.33. The van der Waals surface area contributed by atoms with Crippen LogP contribution in [-0.4, -0.2) is 23.1 Å². The Morgan fingerprint density at radius 3 is 3.00 bits per heavy atom. The van der Waals surface area contributed by atoms with E-state index in [0.717, 1.165) is 34.6 Å². The summed E-state index contributed by atoms with van der Waals surface area (Å²) in [6.07, 6.45) is 2.59. The number of carbonyl (C=O) groups is 1. The Hall–Kier alpha value is -2.86. The van der Waals surface area contributed by atoms with Crippen LogP contribution in [0.2, 0.25) is 0 Å². The second kappa shape index (κ2) is 7.64. The van der Waals surface area contributed by atoms with Gasteiger partial charge in [-0.15, -0.1) is 0 Å². The maximum Gasteiger partial charge on any atom is 0.258 e. The molecule has 2 aromatic heterocycles. The highest BCUT2D eigenvalue weighted by Gasteiger charge is 2.32. The third-order valence-electron chi connectivity index (χ3n) is 4.58. The SMILES string of the molecule is CC1(C)Cc2cccc(OCC(=O)NCc3cccnc3-c3ccsc3)c2O1. The summed E-state index contributed by atoms with van der Waals surface area (Å²) in [5, 5.41) is 6.98. The largest absolute Gasteiger partial charge is 0.483 e. The van der Waals surface area contributed by atoms with Gasteiger partial charge in [0, 0.05) is 35.7 Å². The zero-order valence-electron chi connectivity index (χ0n) is 15.9. The highest BCUT2D eigenvalue weighted by molar-refractivity contribution is 7.08. The molecule has 0 spiro atoms. The molecule has 0 radical (unpaired) electrons. The first-order valence-corrected chi connectivity index (χ1v) is 10.1. The van der Waals surface area contributed by atoms with Crippen LogP contribution in [0.1, 0.15) is 25.0 Å². The number of benzene rings is 1. The van der Waals surface area contributed by atoms with Crippen LogP contribution in [0.15, 0.2) is 53.4 Å². The van der Waals surface area contributed by atoms with Gasteiger partial charge in [0.1, 0.15) is 5.60 Å². The Kier molecular flexibility index (Phi) is 5.05. The van der Waals surface area contributed by atoms with Crippen molar-refractivity contribution in [2.24, 2.45) is 0 Å². The Bertz CT molecular complexity index is 983. The molecule has 1 N–H and O–H groups in total. The van der Waals surface area contributed by atoms with Crippen molar-refractivity contribution in [1.82, 2.24) is 10.3 Å². The van der Waals surface area contributed by atoms with Crippen LogP contribution in [0.4, 0.5) is 0 Å². The van der Waals surface area contributed by atoms with Gasteiger partial charge in [-0.3, -0.25) is 9.78 Å². The highest BCUT2D eigenvalue weighted by atomic mass is 32.1. The quantitative estimate of drug-likeness (QED) is 0.680. The normalized spacial score (nSPS) is 14.2. The van der Waals surface area contributed by atoms with Gasteiger partial charge in [-0.1, -0.05) is 18.2 Å². The number of nitrogens with one attached hydrogen (secondary N) is 1. The lowest BCUT2D eigenvalue weighted by Crippen LogP contribution is -2.29. The van der Waals surface area contributed by atoms with Gasteiger partial charge in [0.2, 0.25) is 0 Å². The summed E-state index contributed by atoms with van der Waals surface area (Å²) in [7, 11) is 0. The third kappa shape index (κ3) is 4.02. The first-order chi connectivity index (χ1) is 13.5. The lowest BCUT2D eigenvalue weighted by atomic mass is 10.0. The van der Waals surface area contributed by atoms with Gasteiger partial charge in [-0.25, -0.2) is 0 Å². The Labute approximate surface area is 168 Å². The molecule has 5 nitrogen and oxygen atoms in total. The van der Waals surface area contributed by atoms with Crippen LogP contribution in [0, 0.1) is 0 Å². The van der Waals surface area contributed by atoms with Gasteiger partial charge < -0.3 is 14.8 Å². The van der Waals surface area contributed by atoms with Crippen molar-refractivity contribution >= 4 is 17.2 Å². The molecule has 0 bridgehead atoms. The standard InChI is InChI=1S/C22H22N2O3S/c1-22(2)11-15-5-3-7-18(21(15)27-22)26-13-19(25)24-12-16-6-4-9-23-20(16)17-8-10-28-14-17/h3-10,14H,11-13H2,1-2H3,(H,24,25). The molecule has 1 aliphatic heterocycles. The third-order valence-corrected chi connectivity index (χ3v) is 5.26. The number of nitrogens with zero attached hydrogens (tertiary/aromatic N) is 1. The van der Waals surface area contributed by atoms with Crippen molar-refractivity contribution in [2.75, 3.05) is 6.61 Å². The predicted molar refractivity (Wildman–Crippen MR) is 110 cm³/mol. The minimum absolute atomic E-state index is 0.0612. The van der Waals surface area contributed by atoms with E-state index in [1.54, 1.807) is 17.5 Å². The summed E-state index contributed by atoms with van der Waals surface area (Å²) in [6, 6.07) is 11.7. The molecule has 1 aliphatic rings. The van der Waals surface area contributed by atoms with Crippen molar-refractivity contribution in [3.8, 4) is 22.8 Å². The number of rotatable bonds is 6. The van der Waals surface area contributed by atoms with Crippen molar-refractivity contribution < 1.29 is 14.3 Å². The molecule has 0 saturated carbocycles. The number of ether oxygens (including phenoxy) is 2. The van der Waals surface area contributed by atoms with E-state index in [0.29, 0.717) is 12.3 Å². The molecule has 0 fully saturated rings. The first kappa shape index (κ1) is 18.5. The number of para-hydroxylation sites is 1. The van der Waals surface area contributed by atoms with Crippen LogP contribution < -0.4 is 14.8 Å². The molecule has 28 heavy (non-hydrogen) atoms. The van der Waals surface area contributed by atoms with E-state index in [2.05, 4.69) is 10.3 Å². The fraction of sp³-hybridized carbons (Fsp3) is 0.273.